The van der Waals surface area contributed by atoms with Crippen molar-refractivity contribution in [3.63, 3.8) is 0 Å². The second-order valence-electron chi connectivity index (χ2n) is 4.14. The summed E-state index contributed by atoms with van der Waals surface area (Å²) in [7, 11) is 1.90. The molecular formula is C13H13ClN2O2. The van der Waals surface area contributed by atoms with Crippen molar-refractivity contribution >= 4 is 11.6 Å². The molecule has 4 nitrogen and oxygen atoms in total. The molecular weight excluding hydrogens is 252 g/mol. The van der Waals surface area contributed by atoms with Crippen molar-refractivity contribution < 1.29 is 9.47 Å². The Balaban J connectivity index is 2.03. The Morgan fingerprint density at radius 2 is 2.00 bits per heavy atom. The lowest BCUT2D eigenvalue weighted by atomic mass is 10.1. The third-order valence-electron chi connectivity index (χ3n) is 2.91. The van der Waals surface area contributed by atoms with Gasteiger partial charge in [0.2, 0.25) is 0 Å². The molecule has 0 saturated carbocycles. The van der Waals surface area contributed by atoms with E-state index in [0.29, 0.717) is 19.1 Å². The number of hydrogen-bond acceptors (Lipinski definition) is 3. The number of benzene rings is 1. The maximum absolute atomic E-state index is 5.79. The van der Waals surface area contributed by atoms with Crippen LogP contribution in [0.15, 0.2) is 24.3 Å². The first-order chi connectivity index (χ1) is 8.78. The number of nitrogens with zero attached hydrogens (tertiary/aromatic N) is 2. The predicted molar refractivity (Wildman–Crippen MR) is 69.2 cm³/mol. The molecule has 5 heteroatoms. The zero-order chi connectivity index (χ0) is 12.5. The van der Waals surface area contributed by atoms with Gasteiger partial charge in [0.1, 0.15) is 13.2 Å². The van der Waals surface area contributed by atoms with E-state index in [9.17, 15) is 0 Å². The first-order valence-electron chi connectivity index (χ1n) is 5.77. The van der Waals surface area contributed by atoms with Crippen LogP contribution in [-0.2, 0) is 12.9 Å². The summed E-state index contributed by atoms with van der Waals surface area (Å²) < 4.78 is 12.9. The predicted octanol–water partition coefficient (Wildman–Crippen LogP) is 2.60. The van der Waals surface area contributed by atoms with Gasteiger partial charge in [0.25, 0.3) is 0 Å². The van der Waals surface area contributed by atoms with Gasteiger partial charge in [-0.3, -0.25) is 4.68 Å². The lowest BCUT2D eigenvalue weighted by molar-refractivity contribution is 0.171. The van der Waals surface area contributed by atoms with Crippen LogP contribution in [0.25, 0.3) is 11.3 Å². The summed E-state index contributed by atoms with van der Waals surface area (Å²) in [6, 6.07) is 7.89. The van der Waals surface area contributed by atoms with Gasteiger partial charge in [-0.05, 0) is 24.3 Å². The maximum atomic E-state index is 5.79. The van der Waals surface area contributed by atoms with Crippen LogP contribution in [0.2, 0.25) is 0 Å². The van der Waals surface area contributed by atoms with Crippen LogP contribution in [-0.4, -0.2) is 23.0 Å². The number of halogens is 1. The first-order valence-corrected chi connectivity index (χ1v) is 6.30. The number of aryl methyl sites for hydroxylation is 1. The Morgan fingerprint density at radius 1 is 1.22 bits per heavy atom. The molecule has 0 aliphatic carbocycles. The summed E-state index contributed by atoms with van der Waals surface area (Å²) >= 11 is 5.79. The maximum Gasteiger partial charge on any atom is 0.162 e. The monoisotopic (exact) mass is 264 g/mol. The van der Waals surface area contributed by atoms with Crippen molar-refractivity contribution in [3.8, 4) is 22.8 Å². The van der Waals surface area contributed by atoms with Crippen molar-refractivity contribution in [2.24, 2.45) is 7.05 Å². The van der Waals surface area contributed by atoms with E-state index in [2.05, 4.69) is 5.10 Å². The molecule has 0 saturated heterocycles. The van der Waals surface area contributed by atoms with Crippen molar-refractivity contribution in [2.45, 2.75) is 5.88 Å². The second kappa shape index (κ2) is 4.53. The van der Waals surface area contributed by atoms with Crippen LogP contribution in [0.1, 0.15) is 5.69 Å². The van der Waals surface area contributed by atoms with Gasteiger partial charge in [-0.1, -0.05) is 0 Å². The normalized spacial score (nSPS) is 13.7. The molecule has 3 rings (SSSR count). The minimum Gasteiger partial charge on any atom is -0.486 e. The third-order valence-corrected chi connectivity index (χ3v) is 3.18. The van der Waals surface area contributed by atoms with Gasteiger partial charge < -0.3 is 9.47 Å². The molecule has 18 heavy (non-hydrogen) atoms. The van der Waals surface area contributed by atoms with Gasteiger partial charge in [-0.2, -0.15) is 5.10 Å². The number of alkyl halides is 1. The Hall–Kier alpha value is -1.68. The van der Waals surface area contributed by atoms with E-state index in [1.54, 1.807) is 0 Å². The minimum absolute atomic E-state index is 0.415. The molecule has 1 aliphatic heterocycles. The molecule has 0 fully saturated rings. The van der Waals surface area contributed by atoms with Crippen LogP contribution in [0.5, 0.6) is 11.5 Å². The van der Waals surface area contributed by atoms with E-state index in [0.717, 1.165) is 28.5 Å². The molecule has 0 amide bonds. The minimum atomic E-state index is 0.415. The summed E-state index contributed by atoms with van der Waals surface area (Å²) in [4.78, 5) is 0. The SMILES string of the molecule is Cn1nc(CCl)cc1-c1ccc2c(c1)OCCO2. The summed E-state index contributed by atoms with van der Waals surface area (Å²) in [6.07, 6.45) is 0. The zero-order valence-corrected chi connectivity index (χ0v) is 10.8. The molecule has 1 aromatic carbocycles. The summed E-state index contributed by atoms with van der Waals surface area (Å²) in [5, 5.41) is 4.33. The Bertz CT molecular complexity index is 580. The molecule has 0 unspecified atom stereocenters. The van der Waals surface area contributed by atoms with Gasteiger partial charge in [0.05, 0.1) is 17.3 Å². The van der Waals surface area contributed by atoms with Crippen molar-refractivity contribution in [3.05, 3.63) is 30.0 Å². The molecule has 1 aromatic heterocycles. The van der Waals surface area contributed by atoms with E-state index in [4.69, 9.17) is 21.1 Å². The van der Waals surface area contributed by atoms with Gasteiger partial charge in [0.15, 0.2) is 11.5 Å². The highest BCUT2D eigenvalue weighted by Crippen LogP contribution is 2.34. The summed E-state index contributed by atoms with van der Waals surface area (Å²) in [5.74, 6) is 2.00. The van der Waals surface area contributed by atoms with E-state index < -0.39 is 0 Å². The summed E-state index contributed by atoms with van der Waals surface area (Å²) in [5.41, 5.74) is 2.93. The molecule has 0 bridgehead atoms. The van der Waals surface area contributed by atoms with Gasteiger partial charge in [-0.15, -0.1) is 11.6 Å². The average molecular weight is 265 g/mol. The number of fused-ring (bicyclic) bond motifs is 1. The lowest BCUT2D eigenvalue weighted by Crippen LogP contribution is -2.15. The second-order valence-corrected chi connectivity index (χ2v) is 4.40. The smallest absolute Gasteiger partial charge is 0.162 e. The molecule has 0 radical (unpaired) electrons. The highest BCUT2D eigenvalue weighted by Gasteiger charge is 2.14. The zero-order valence-electron chi connectivity index (χ0n) is 10.0. The molecule has 2 heterocycles. The number of ether oxygens (including phenoxy) is 2. The standard InChI is InChI=1S/C13H13ClN2O2/c1-16-11(7-10(8-14)15-16)9-2-3-12-13(6-9)18-5-4-17-12/h2-3,6-7H,4-5,8H2,1H3. The summed E-state index contributed by atoms with van der Waals surface area (Å²) in [6.45, 7) is 1.20. The van der Waals surface area contributed by atoms with Gasteiger partial charge in [0, 0.05) is 12.6 Å². The van der Waals surface area contributed by atoms with Gasteiger partial charge >= 0.3 is 0 Å². The largest absolute Gasteiger partial charge is 0.486 e. The molecule has 0 atom stereocenters. The van der Waals surface area contributed by atoms with E-state index in [1.165, 1.54) is 0 Å². The number of aromatic nitrogens is 2. The third kappa shape index (κ3) is 1.93. The Morgan fingerprint density at radius 3 is 2.72 bits per heavy atom. The quantitative estimate of drug-likeness (QED) is 0.783. The van der Waals surface area contributed by atoms with Crippen molar-refractivity contribution in [1.82, 2.24) is 9.78 Å². The highest BCUT2D eigenvalue weighted by atomic mass is 35.5. The van der Waals surface area contributed by atoms with Crippen LogP contribution in [0.3, 0.4) is 0 Å². The van der Waals surface area contributed by atoms with Crippen molar-refractivity contribution in [2.75, 3.05) is 13.2 Å². The molecule has 2 aromatic rings. The molecule has 0 spiro atoms. The van der Waals surface area contributed by atoms with Gasteiger partial charge in [-0.25, -0.2) is 0 Å². The topological polar surface area (TPSA) is 36.3 Å². The van der Waals surface area contributed by atoms with Crippen molar-refractivity contribution in [1.29, 1.82) is 0 Å². The first kappa shape index (κ1) is 11.4. The molecule has 0 N–H and O–H groups in total. The fraction of sp³-hybridized carbons (Fsp3) is 0.308. The lowest BCUT2D eigenvalue weighted by Gasteiger charge is -2.18. The fourth-order valence-electron chi connectivity index (χ4n) is 2.06. The van der Waals surface area contributed by atoms with Crippen LogP contribution in [0.4, 0.5) is 0 Å². The Kier molecular flexibility index (Phi) is 2.88. The van der Waals surface area contributed by atoms with Crippen LogP contribution < -0.4 is 9.47 Å². The van der Waals surface area contributed by atoms with E-state index in [-0.39, 0.29) is 0 Å². The van der Waals surface area contributed by atoms with Crippen LogP contribution in [0, 0.1) is 0 Å². The molecule has 1 aliphatic rings. The molecule has 94 valence electrons. The number of hydrogen-bond donors (Lipinski definition) is 0. The van der Waals surface area contributed by atoms with Crippen LogP contribution >= 0.6 is 11.6 Å². The fourth-order valence-corrected chi connectivity index (χ4v) is 2.20. The highest BCUT2D eigenvalue weighted by molar-refractivity contribution is 6.16. The van der Waals surface area contributed by atoms with E-state index in [1.807, 2.05) is 36.0 Å². The number of rotatable bonds is 2. The Labute approximate surface area is 110 Å². The van der Waals surface area contributed by atoms with E-state index >= 15 is 0 Å². The average Bonchev–Trinajstić information content (AvgIpc) is 2.79.